The van der Waals surface area contributed by atoms with Gasteiger partial charge in [0.15, 0.2) is 0 Å². The minimum Gasteiger partial charge on any atom is -0.508 e. The zero-order chi connectivity index (χ0) is 11.3. The van der Waals surface area contributed by atoms with Crippen molar-refractivity contribution in [3.05, 3.63) is 29.8 Å². The first-order valence-corrected chi connectivity index (χ1v) is 5.29. The fourth-order valence-electron chi connectivity index (χ4n) is 1.56. The average molecular weight is 208 g/mol. The molecule has 0 heterocycles. The molecule has 0 radical (unpaired) electrons. The first-order valence-electron chi connectivity index (χ1n) is 5.29. The van der Waals surface area contributed by atoms with Crippen LogP contribution in [-0.2, 0) is 0 Å². The minimum atomic E-state index is 0.236. The second-order valence-electron chi connectivity index (χ2n) is 3.82. The van der Waals surface area contributed by atoms with Crippen molar-refractivity contribution in [1.29, 1.82) is 0 Å². The molecule has 3 nitrogen and oxygen atoms in total. The summed E-state index contributed by atoms with van der Waals surface area (Å²) in [6, 6.07) is 7.74. The molecule has 0 aliphatic carbocycles. The number of nitrogens with zero attached hydrogens (tertiary/aromatic N) is 1. The lowest BCUT2D eigenvalue weighted by molar-refractivity contribution is 0.258. The van der Waals surface area contributed by atoms with Gasteiger partial charge < -0.3 is 10.4 Å². The van der Waals surface area contributed by atoms with Crippen LogP contribution in [0, 0.1) is 0 Å². The number of hydrogen-bond acceptors (Lipinski definition) is 3. The van der Waals surface area contributed by atoms with Gasteiger partial charge in [0.05, 0.1) is 0 Å². The second-order valence-corrected chi connectivity index (χ2v) is 3.82. The van der Waals surface area contributed by atoms with Crippen LogP contribution in [0.5, 0.6) is 5.75 Å². The summed E-state index contributed by atoms with van der Waals surface area (Å²) in [6.07, 6.45) is 0. The summed E-state index contributed by atoms with van der Waals surface area (Å²) < 4.78 is 0. The molecule has 2 N–H and O–H groups in total. The van der Waals surface area contributed by atoms with Crippen LogP contribution in [0.1, 0.15) is 18.5 Å². The van der Waals surface area contributed by atoms with Crippen LogP contribution in [0.15, 0.2) is 24.3 Å². The normalized spacial score (nSPS) is 13.1. The third kappa shape index (κ3) is 3.22. The molecule has 0 amide bonds. The fraction of sp³-hybridized carbons (Fsp3) is 0.500. The summed E-state index contributed by atoms with van der Waals surface area (Å²) in [5.74, 6) is 0.376. The molecule has 84 valence electrons. The van der Waals surface area contributed by atoms with Crippen molar-refractivity contribution in [3.63, 3.8) is 0 Å². The maximum Gasteiger partial charge on any atom is 0.120 e. The number of phenols is 1. The van der Waals surface area contributed by atoms with E-state index in [1.807, 2.05) is 25.2 Å². The summed E-state index contributed by atoms with van der Waals surface area (Å²) in [7, 11) is 4.01. The number of aromatic hydroxyl groups is 1. The number of para-hydroxylation sites is 1. The topological polar surface area (TPSA) is 35.5 Å². The highest BCUT2D eigenvalue weighted by Gasteiger charge is 2.13. The SMILES string of the molecule is CNCCN(C)C(C)c1ccccc1O. The zero-order valence-electron chi connectivity index (χ0n) is 9.70. The Morgan fingerprint density at radius 1 is 1.40 bits per heavy atom. The summed E-state index contributed by atoms with van der Waals surface area (Å²) in [6.45, 7) is 4.02. The van der Waals surface area contributed by atoms with Crippen LogP contribution < -0.4 is 5.32 Å². The highest BCUT2D eigenvalue weighted by atomic mass is 16.3. The largest absolute Gasteiger partial charge is 0.508 e. The Morgan fingerprint density at radius 2 is 2.07 bits per heavy atom. The number of hydrogen-bond donors (Lipinski definition) is 2. The molecule has 1 rings (SSSR count). The molecule has 0 bridgehead atoms. The van der Waals surface area contributed by atoms with Crippen molar-refractivity contribution >= 4 is 0 Å². The van der Waals surface area contributed by atoms with Crippen molar-refractivity contribution in [1.82, 2.24) is 10.2 Å². The van der Waals surface area contributed by atoms with Gasteiger partial charge in [-0.3, -0.25) is 4.90 Å². The van der Waals surface area contributed by atoms with Crippen LogP contribution in [-0.4, -0.2) is 37.2 Å². The van der Waals surface area contributed by atoms with E-state index in [4.69, 9.17) is 0 Å². The Kier molecular flexibility index (Phi) is 4.59. The van der Waals surface area contributed by atoms with Crippen LogP contribution >= 0.6 is 0 Å². The number of rotatable bonds is 5. The van der Waals surface area contributed by atoms with Gasteiger partial charge in [-0.05, 0) is 27.1 Å². The molecule has 3 heteroatoms. The second kappa shape index (κ2) is 5.73. The van der Waals surface area contributed by atoms with Crippen LogP contribution in [0.4, 0.5) is 0 Å². The maximum absolute atomic E-state index is 9.71. The molecule has 0 aromatic heterocycles. The predicted molar refractivity (Wildman–Crippen MR) is 63.1 cm³/mol. The van der Waals surface area contributed by atoms with Gasteiger partial charge >= 0.3 is 0 Å². The van der Waals surface area contributed by atoms with Crippen molar-refractivity contribution in [2.75, 3.05) is 27.2 Å². The Morgan fingerprint density at radius 3 is 2.67 bits per heavy atom. The van der Waals surface area contributed by atoms with E-state index in [-0.39, 0.29) is 6.04 Å². The van der Waals surface area contributed by atoms with Gasteiger partial charge in [-0.25, -0.2) is 0 Å². The van der Waals surface area contributed by atoms with Gasteiger partial charge in [0.1, 0.15) is 5.75 Å². The molecule has 1 unspecified atom stereocenters. The van der Waals surface area contributed by atoms with Crippen LogP contribution in [0.2, 0.25) is 0 Å². The van der Waals surface area contributed by atoms with Crippen LogP contribution in [0.3, 0.4) is 0 Å². The van der Waals surface area contributed by atoms with Gasteiger partial charge in [-0.1, -0.05) is 18.2 Å². The summed E-state index contributed by atoms with van der Waals surface area (Å²) in [4.78, 5) is 2.21. The molecule has 0 aliphatic rings. The number of benzene rings is 1. The molecule has 1 aromatic carbocycles. The Balaban J connectivity index is 2.67. The minimum absolute atomic E-state index is 0.236. The van der Waals surface area contributed by atoms with E-state index in [0.29, 0.717) is 5.75 Å². The summed E-state index contributed by atoms with van der Waals surface area (Å²) >= 11 is 0. The fourth-order valence-corrected chi connectivity index (χ4v) is 1.56. The summed E-state index contributed by atoms with van der Waals surface area (Å²) in [5, 5.41) is 12.8. The predicted octanol–water partition coefficient (Wildman–Crippen LogP) is 1.60. The van der Waals surface area contributed by atoms with Gasteiger partial charge in [-0.2, -0.15) is 0 Å². The Hall–Kier alpha value is -1.06. The molecule has 0 aliphatic heterocycles. The lowest BCUT2D eigenvalue weighted by Crippen LogP contribution is -2.29. The van der Waals surface area contributed by atoms with E-state index in [1.54, 1.807) is 6.07 Å². The van der Waals surface area contributed by atoms with Crippen LogP contribution in [0.25, 0.3) is 0 Å². The highest BCUT2D eigenvalue weighted by molar-refractivity contribution is 5.34. The first-order chi connectivity index (χ1) is 7.16. The molecular weight excluding hydrogens is 188 g/mol. The standard InChI is InChI=1S/C12H20N2O/c1-10(14(3)9-8-13-2)11-6-4-5-7-12(11)15/h4-7,10,13,15H,8-9H2,1-3H3. The third-order valence-electron chi connectivity index (χ3n) is 2.76. The lowest BCUT2D eigenvalue weighted by atomic mass is 10.1. The maximum atomic E-state index is 9.71. The third-order valence-corrected chi connectivity index (χ3v) is 2.76. The number of likely N-dealkylation sites (N-methyl/N-ethyl adjacent to an activating group) is 2. The molecule has 0 fully saturated rings. The van der Waals surface area contributed by atoms with Gasteiger partial charge in [0.25, 0.3) is 0 Å². The van der Waals surface area contributed by atoms with Crippen molar-refractivity contribution in [2.24, 2.45) is 0 Å². The quantitative estimate of drug-likeness (QED) is 0.771. The number of nitrogens with one attached hydrogen (secondary N) is 1. The monoisotopic (exact) mass is 208 g/mol. The number of phenolic OH excluding ortho intramolecular Hbond substituents is 1. The molecule has 15 heavy (non-hydrogen) atoms. The molecule has 1 atom stereocenters. The smallest absolute Gasteiger partial charge is 0.120 e. The van der Waals surface area contributed by atoms with E-state index in [2.05, 4.69) is 24.2 Å². The first kappa shape index (κ1) is 12.0. The van der Waals surface area contributed by atoms with E-state index >= 15 is 0 Å². The lowest BCUT2D eigenvalue weighted by Gasteiger charge is -2.25. The van der Waals surface area contributed by atoms with E-state index in [9.17, 15) is 5.11 Å². The van der Waals surface area contributed by atoms with E-state index in [0.717, 1.165) is 18.7 Å². The van der Waals surface area contributed by atoms with Gasteiger partial charge in [0, 0.05) is 24.7 Å². The van der Waals surface area contributed by atoms with Crippen molar-refractivity contribution < 1.29 is 5.11 Å². The Bertz CT molecular complexity index is 301. The molecular formula is C12H20N2O. The van der Waals surface area contributed by atoms with Crippen molar-refractivity contribution in [3.8, 4) is 5.75 Å². The van der Waals surface area contributed by atoms with E-state index < -0.39 is 0 Å². The zero-order valence-corrected chi connectivity index (χ0v) is 9.70. The van der Waals surface area contributed by atoms with Gasteiger partial charge in [0.2, 0.25) is 0 Å². The van der Waals surface area contributed by atoms with E-state index in [1.165, 1.54) is 0 Å². The summed E-state index contributed by atoms with van der Waals surface area (Å²) in [5.41, 5.74) is 0.983. The van der Waals surface area contributed by atoms with Gasteiger partial charge in [-0.15, -0.1) is 0 Å². The average Bonchev–Trinajstić information content (AvgIpc) is 2.25. The molecule has 1 aromatic rings. The molecule has 0 saturated heterocycles. The highest BCUT2D eigenvalue weighted by Crippen LogP contribution is 2.26. The molecule has 0 saturated carbocycles. The van der Waals surface area contributed by atoms with Crippen molar-refractivity contribution in [2.45, 2.75) is 13.0 Å². The molecule has 0 spiro atoms. The Labute approximate surface area is 91.7 Å².